The van der Waals surface area contributed by atoms with Crippen LogP contribution in [0.1, 0.15) is 42.1 Å². The molecular weight excluding hydrogens is 396 g/mol. The van der Waals surface area contributed by atoms with Crippen molar-refractivity contribution in [3.63, 3.8) is 0 Å². The third kappa shape index (κ3) is 4.96. The maximum Gasteiger partial charge on any atom is 0.339 e. The van der Waals surface area contributed by atoms with E-state index in [1.165, 1.54) is 16.4 Å². The third-order valence-electron chi connectivity index (χ3n) is 5.34. The van der Waals surface area contributed by atoms with E-state index in [1.54, 1.807) is 24.8 Å². The topological polar surface area (TPSA) is 93.2 Å². The average molecular weight is 425 g/mol. The predicted molar refractivity (Wildman–Crippen MR) is 106 cm³/mol. The molecule has 9 heteroatoms. The first-order valence-corrected chi connectivity index (χ1v) is 11.4. The maximum atomic E-state index is 12.9. The highest BCUT2D eigenvalue weighted by Gasteiger charge is 2.29. The molecule has 0 aliphatic carbocycles. The lowest BCUT2D eigenvalue weighted by molar-refractivity contribution is -0.140. The number of hydrogen-bond donors (Lipinski definition) is 0. The zero-order valence-corrected chi connectivity index (χ0v) is 17.7. The molecule has 0 unspecified atom stereocenters. The van der Waals surface area contributed by atoms with Gasteiger partial charge in [-0.3, -0.25) is 4.79 Å². The highest BCUT2D eigenvalue weighted by Crippen LogP contribution is 2.22. The van der Waals surface area contributed by atoms with Crippen molar-refractivity contribution in [2.45, 2.75) is 44.1 Å². The van der Waals surface area contributed by atoms with Crippen LogP contribution >= 0.6 is 0 Å². The van der Waals surface area contributed by atoms with Crippen LogP contribution < -0.4 is 0 Å². The number of amides is 1. The van der Waals surface area contributed by atoms with Gasteiger partial charge in [-0.15, -0.1) is 0 Å². The summed E-state index contributed by atoms with van der Waals surface area (Å²) in [6, 6.07) is 4.40. The van der Waals surface area contributed by atoms with Crippen molar-refractivity contribution >= 4 is 21.9 Å². The Hall–Kier alpha value is -1.97. The molecule has 1 aromatic rings. The van der Waals surface area contributed by atoms with Gasteiger partial charge in [0.1, 0.15) is 0 Å². The Morgan fingerprint density at radius 1 is 1.07 bits per heavy atom. The van der Waals surface area contributed by atoms with Crippen LogP contribution in [0.5, 0.6) is 0 Å². The Labute approximate surface area is 171 Å². The Bertz CT molecular complexity index is 858. The van der Waals surface area contributed by atoms with E-state index in [1.807, 2.05) is 0 Å². The van der Waals surface area contributed by atoms with Crippen molar-refractivity contribution in [3.05, 3.63) is 29.3 Å². The van der Waals surface area contributed by atoms with Crippen LogP contribution in [0.15, 0.2) is 23.1 Å². The zero-order chi connectivity index (χ0) is 21.0. The highest BCUT2D eigenvalue weighted by atomic mass is 32.2. The number of morpholine rings is 1. The van der Waals surface area contributed by atoms with Crippen molar-refractivity contribution in [3.8, 4) is 0 Å². The van der Waals surface area contributed by atoms with E-state index < -0.39 is 22.1 Å². The first-order chi connectivity index (χ1) is 13.8. The summed E-state index contributed by atoms with van der Waals surface area (Å²) in [5.74, 6) is -0.910. The van der Waals surface area contributed by atoms with Gasteiger partial charge < -0.3 is 14.4 Å². The van der Waals surface area contributed by atoms with Crippen LogP contribution in [-0.2, 0) is 24.3 Å². The van der Waals surface area contributed by atoms with Crippen LogP contribution in [-0.4, -0.2) is 75.0 Å². The molecule has 2 aliphatic rings. The second kappa shape index (κ2) is 9.23. The number of carbonyl (C=O) groups is 2. The molecule has 160 valence electrons. The molecule has 0 bridgehead atoms. The summed E-state index contributed by atoms with van der Waals surface area (Å²) in [6.07, 6.45) is 2.08. The number of rotatable bonds is 5. The number of nitrogens with zero attached hydrogens (tertiary/aromatic N) is 2. The van der Waals surface area contributed by atoms with Crippen molar-refractivity contribution in [1.82, 2.24) is 9.21 Å². The zero-order valence-electron chi connectivity index (χ0n) is 16.9. The molecule has 1 aromatic carbocycles. The van der Waals surface area contributed by atoms with Gasteiger partial charge in [0, 0.05) is 26.2 Å². The van der Waals surface area contributed by atoms with Gasteiger partial charge in [-0.05, 0) is 50.8 Å². The van der Waals surface area contributed by atoms with Gasteiger partial charge in [0.25, 0.3) is 5.91 Å². The molecule has 3 rings (SSSR count). The first-order valence-electron chi connectivity index (χ1n) is 9.99. The van der Waals surface area contributed by atoms with E-state index in [9.17, 15) is 18.0 Å². The molecule has 2 aliphatic heterocycles. The molecule has 2 heterocycles. The fourth-order valence-corrected chi connectivity index (χ4v) is 5.00. The SMILES string of the molecule is Cc1ccc(S(=O)(=O)N2CCOCC2)cc1C(=O)O[C@H](C)C(=O)N1CCCCC1. The van der Waals surface area contributed by atoms with Crippen molar-refractivity contribution in [2.24, 2.45) is 0 Å². The Morgan fingerprint density at radius 2 is 1.72 bits per heavy atom. The van der Waals surface area contributed by atoms with Gasteiger partial charge in [0.2, 0.25) is 10.0 Å². The van der Waals surface area contributed by atoms with E-state index in [0.29, 0.717) is 31.9 Å². The molecule has 8 nitrogen and oxygen atoms in total. The molecule has 0 N–H and O–H groups in total. The molecular formula is C20H28N2O6S. The molecule has 2 saturated heterocycles. The summed E-state index contributed by atoms with van der Waals surface area (Å²) in [5, 5.41) is 0. The summed E-state index contributed by atoms with van der Waals surface area (Å²) in [5.41, 5.74) is 0.742. The number of likely N-dealkylation sites (tertiary alicyclic amines) is 1. The van der Waals surface area contributed by atoms with Crippen LogP contribution in [0.3, 0.4) is 0 Å². The number of sulfonamides is 1. The van der Waals surface area contributed by atoms with Gasteiger partial charge in [-0.2, -0.15) is 4.31 Å². The number of hydrogen-bond acceptors (Lipinski definition) is 6. The Morgan fingerprint density at radius 3 is 2.38 bits per heavy atom. The lowest BCUT2D eigenvalue weighted by Gasteiger charge is -2.29. The van der Waals surface area contributed by atoms with Crippen molar-refractivity contribution in [1.29, 1.82) is 0 Å². The normalized spacial score (nSPS) is 19.6. The summed E-state index contributed by atoms with van der Waals surface area (Å²) in [4.78, 5) is 27.0. The largest absolute Gasteiger partial charge is 0.449 e. The van der Waals surface area contributed by atoms with Crippen LogP contribution in [0.4, 0.5) is 0 Å². The fourth-order valence-electron chi connectivity index (χ4n) is 3.56. The minimum atomic E-state index is -3.73. The second-order valence-electron chi connectivity index (χ2n) is 7.43. The number of carbonyl (C=O) groups excluding carboxylic acids is 2. The van der Waals surface area contributed by atoms with Gasteiger partial charge >= 0.3 is 5.97 Å². The summed E-state index contributed by atoms with van der Waals surface area (Å²) in [6.45, 7) is 5.85. The second-order valence-corrected chi connectivity index (χ2v) is 9.36. The lowest BCUT2D eigenvalue weighted by atomic mass is 10.1. The van der Waals surface area contributed by atoms with E-state index >= 15 is 0 Å². The summed E-state index contributed by atoms with van der Waals surface area (Å²) < 4.78 is 37.7. The predicted octanol–water partition coefficient (Wildman–Crippen LogP) is 1.57. The molecule has 2 fully saturated rings. The van der Waals surface area contributed by atoms with Crippen LogP contribution in [0.25, 0.3) is 0 Å². The molecule has 0 radical (unpaired) electrons. The van der Waals surface area contributed by atoms with Gasteiger partial charge in [-0.1, -0.05) is 6.07 Å². The quantitative estimate of drug-likeness (QED) is 0.666. The Balaban J connectivity index is 1.74. The van der Waals surface area contributed by atoms with Crippen molar-refractivity contribution < 1.29 is 27.5 Å². The number of esters is 1. The average Bonchev–Trinajstić information content (AvgIpc) is 2.74. The first kappa shape index (κ1) is 21.7. The van der Waals surface area contributed by atoms with E-state index in [0.717, 1.165) is 19.3 Å². The molecule has 0 saturated carbocycles. The summed E-state index contributed by atoms with van der Waals surface area (Å²) in [7, 11) is -3.73. The molecule has 1 amide bonds. The lowest BCUT2D eigenvalue weighted by Crippen LogP contribution is -2.42. The van der Waals surface area contributed by atoms with Gasteiger partial charge in [-0.25, -0.2) is 13.2 Å². The third-order valence-corrected chi connectivity index (χ3v) is 7.23. The number of aryl methyl sites for hydroxylation is 1. The number of ether oxygens (including phenoxy) is 2. The van der Waals surface area contributed by atoms with Gasteiger partial charge in [0.15, 0.2) is 6.10 Å². The minimum Gasteiger partial charge on any atom is -0.449 e. The van der Waals surface area contributed by atoms with Crippen LogP contribution in [0, 0.1) is 6.92 Å². The molecule has 29 heavy (non-hydrogen) atoms. The van der Waals surface area contributed by atoms with E-state index in [-0.39, 0.29) is 29.5 Å². The van der Waals surface area contributed by atoms with Crippen molar-refractivity contribution in [2.75, 3.05) is 39.4 Å². The van der Waals surface area contributed by atoms with E-state index in [4.69, 9.17) is 9.47 Å². The standard InChI is InChI=1S/C20H28N2O6S/c1-15-6-7-17(29(25,26)22-10-12-27-13-11-22)14-18(15)20(24)28-16(2)19(23)21-8-4-3-5-9-21/h6-7,14,16H,3-5,8-13H2,1-2H3/t16-/m1/s1. The number of piperidine rings is 1. The monoisotopic (exact) mass is 424 g/mol. The maximum absolute atomic E-state index is 12.9. The fraction of sp³-hybridized carbons (Fsp3) is 0.600. The van der Waals surface area contributed by atoms with Gasteiger partial charge in [0.05, 0.1) is 23.7 Å². The summed E-state index contributed by atoms with van der Waals surface area (Å²) >= 11 is 0. The Kier molecular flexibility index (Phi) is 6.92. The number of benzene rings is 1. The van der Waals surface area contributed by atoms with Crippen LogP contribution in [0.2, 0.25) is 0 Å². The molecule has 0 aromatic heterocycles. The molecule has 1 atom stereocenters. The minimum absolute atomic E-state index is 0.0342. The molecule has 0 spiro atoms. The highest BCUT2D eigenvalue weighted by molar-refractivity contribution is 7.89. The van der Waals surface area contributed by atoms with E-state index in [2.05, 4.69) is 0 Å². The smallest absolute Gasteiger partial charge is 0.339 e.